The lowest BCUT2D eigenvalue weighted by atomic mass is 10.3. The summed E-state index contributed by atoms with van der Waals surface area (Å²) in [6.07, 6.45) is 1.02. The van der Waals surface area contributed by atoms with Crippen LogP contribution in [0.3, 0.4) is 0 Å². The number of guanidine groups is 1. The third-order valence-electron chi connectivity index (χ3n) is 2.02. The highest BCUT2D eigenvalue weighted by molar-refractivity contribution is 9.11. The summed E-state index contributed by atoms with van der Waals surface area (Å²) in [5.41, 5.74) is 3.88. The fourth-order valence-corrected chi connectivity index (χ4v) is 2.47. The minimum Gasteiger partial charge on any atom is -0.341 e. The fourth-order valence-electron chi connectivity index (χ4n) is 1.27. The van der Waals surface area contributed by atoms with Crippen molar-refractivity contribution in [3.63, 3.8) is 0 Å². The Balaban J connectivity index is 2.58. The van der Waals surface area contributed by atoms with Crippen LogP contribution in [0.4, 0.5) is 0 Å². The Bertz CT molecular complexity index is 350. The smallest absolute Gasteiger partial charge is 0.208 e. The van der Waals surface area contributed by atoms with Crippen molar-refractivity contribution >= 4 is 33.2 Å². The SMILES string of the molecule is CCCN=C(NN)N(C)Cc1csc(Br)c1. The van der Waals surface area contributed by atoms with Crippen molar-refractivity contribution in [2.45, 2.75) is 19.9 Å². The lowest BCUT2D eigenvalue weighted by molar-refractivity contribution is 0.477. The van der Waals surface area contributed by atoms with Crippen molar-refractivity contribution in [3.05, 3.63) is 20.8 Å². The van der Waals surface area contributed by atoms with E-state index in [4.69, 9.17) is 5.84 Å². The number of halogens is 1. The largest absolute Gasteiger partial charge is 0.341 e. The second-order valence-electron chi connectivity index (χ2n) is 3.46. The van der Waals surface area contributed by atoms with Crippen LogP contribution >= 0.6 is 27.3 Å². The van der Waals surface area contributed by atoms with E-state index in [0.29, 0.717) is 0 Å². The molecule has 4 nitrogen and oxygen atoms in total. The van der Waals surface area contributed by atoms with Crippen LogP contribution in [-0.4, -0.2) is 24.5 Å². The third kappa shape index (κ3) is 4.11. The van der Waals surface area contributed by atoms with Gasteiger partial charge in [-0.05, 0) is 39.4 Å². The molecule has 0 radical (unpaired) electrons. The Morgan fingerprint density at radius 1 is 1.69 bits per heavy atom. The van der Waals surface area contributed by atoms with Gasteiger partial charge in [-0.3, -0.25) is 10.4 Å². The van der Waals surface area contributed by atoms with Crippen LogP contribution in [0.1, 0.15) is 18.9 Å². The number of hydrazine groups is 1. The van der Waals surface area contributed by atoms with E-state index in [1.807, 2.05) is 11.9 Å². The second-order valence-corrected chi connectivity index (χ2v) is 5.76. The van der Waals surface area contributed by atoms with Crippen molar-refractivity contribution in [2.24, 2.45) is 10.8 Å². The first kappa shape index (κ1) is 13.5. The molecule has 0 spiro atoms. The van der Waals surface area contributed by atoms with Crippen molar-refractivity contribution in [2.75, 3.05) is 13.6 Å². The molecule has 16 heavy (non-hydrogen) atoms. The molecule has 0 aromatic carbocycles. The summed E-state index contributed by atoms with van der Waals surface area (Å²) in [6, 6.07) is 2.11. The minimum absolute atomic E-state index is 0.726. The molecule has 0 aliphatic rings. The Kier molecular flexibility index (Phi) is 5.79. The summed E-state index contributed by atoms with van der Waals surface area (Å²) in [4.78, 5) is 6.37. The summed E-state index contributed by atoms with van der Waals surface area (Å²) in [5.74, 6) is 6.17. The van der Waals surface area contributed by atoms with E-state index in [-0.39, 0.29) is 0 Å². The molecule has 1 aromatic rings. The topological polar surface area (TPSA) is 53.6 Å². The van der Waals surface area contributed by atoms with Gasteiger partial charge in [-0.1, -0.05) is 6.92 Å². The minimum atomic E-state index is 0.726. The van der Waals surface area contributed by atoms with Crippen LogP contribution in [0.5, 0.6) is 0 Å². The molecule has 3 N–H and O–H groups in total. The van der Waals surface area contributed by atoms with E-state index in [2.05, 4.69) is 44.7 Å². The molecule has 0 saturated heterocycles. The zero-order chi connectivity index (χ0) is 12.0. The van der Waals surface area contributed by atoms with Gasteiger partial charge in [0.05, 0.1) is 3.79 Å². The van der Waals surface area contributed by atoms with Crippen molar-refractivity contribution in [1.82, 2.24) is 10.3 Å². The number of aliphatic imine (C=N–C) groups is 1. The zero-order valence-electron chi connectivity index (χ0n) is 9.53. The molecule has 0 amide bonds. The number of rotatable bonds is 4. The Hall–Kier alpha value is -0.590. The first-order valence-corrected chi connectivity index (χ1v) is 6.79. The van der Waals surface area contributed by atoms with Gasteiger partial charge in [-0.25, -0.2) is 5.84 Å². The number of thiophene rings is 1. The first-order chi connectivity index (χ1) is 7.67. The molecule has 90 valence electrons. The van der Waals surface area contributed by atoms with Gasteiger partial charge in [0, 0.05) is 20.1 Å². The highest BCUT2D eigenvalue weighted by Gasteiger charge is 2.06. The van der Waals surface area contributed by atoms with Crippen LogP contribution < -0.4 is 11.3 Å². The molecule has 0 atom stereocenters. The molecule has 0 aliphatic carbocycles. The lowest BCUT2D eigenvalue weighted by Crippen LogP contribution is -2.42. The van der Waals surface area contributed by atoms with Gasteiger partial charge < -0.3 is 4.90 Å². The Morgan fingerprint density at radius 3 is 2.94 bits per heavy atom. The maximum absolute atomic E-state index is 5.44. The summed E-state index contributed by atoms with van der Waals surface area (Å²) in [6.45, 7) is 3.68. The highest BCUT2D eigenvalue weighted by Crippen LogP contribution is 2.21. The quantitative estimate of drug-likeness (QED) is 0.388. The molecule has 0 bridgehead atoms. The van der Waals surface area contributed by atoms with Gasteiger partial charge in [-0.15, -0.1) is 11.3 Å². The van der Waals surface area contributed by atoms with Crippen LogP contribution in [0.2, 0.25) is 0 Å². The van der Waals surface area contributed by atoms with Gasteiger partial charge in [-0.2, -0.15) is 0 Å². The molecule has 1 rings (SSSR count). The van der Waals surface area contributed by atoms with Gasteiger partial charge in [0.15, 0.2) is 0 Å². The van der Waals surface area contributed by atoms with E-state index in [1.165, 1.54) is 5.56 Å². The molecule has 1 aromatic heterocycles. The molecular formula is C10H17BrN4S. The van der Waals surface area contributed by atoms with Gasteiger partial charge >= 0.3 is 0 Å². The van der Waals surface area contributed by atoms with E-state index in [1.54, 1.807) is 11.3 Å². The standard InChI is InChI=1S/C10H17BrN4S/c1-3-4-13-10(14-12)15(2)6-8-5-9(11)16-7-8/h5,7H,3-4,6,12H2,1-2H3,(H,13,14). The Morgan fingerprint density at radius 2 is 2.44 bits per heavy atom. The van der Waals surface area contributed by atoms with Gasteiger partial charge in [0.2, 0.25) is 5.96 Å². The molecule has 0 unspecified atom stereocenters. The maximum atomic E-state index is 5.44. The zero-order valence-corrected chi connectivity index (χ0v) is 11.9. The van der Waals surface area contributed by atoms with Gasteiger partial charge in [0.25, 0.3) is 0 Å². The molecule has 0 fully saturated rings. The molecule has 0 aliphatic heterocycles. The Labute approximate surface area is 109 Å². The van der Waals surface area contributed by atoms with Crippen molar-refractivity contribution in [3.8, 4) is 0 Å². The number of nitrogens with one attached hydrogen (secondary N) is 1. The van der Waals surface area contributed by atoms with E-state index in [9.17, 15) is 0 Å². The average Bonchev–Trinajstić information content (AvgIpc) is 2.65. The molecule has 6 heteroatoms. The summed E-state index contributed by atoms with van der Waals surface area (Å²) in [7, 11) is 1.97. The number of nitrogens with two attached hydrogens (primary N) is 1. The van der Waals surface area contributed by atoms with Crippen LogP contribution in [-0.2, 0) is 6.54 Å². The summed E-state index contributed by atoms with van der Waals surface area (Å²) in [5, 5.41) is 2.12. The van der Waals surface area contributed by atoms with Crippen molar-refractivity contribution < 1.29 is 0 Å². The predicted octanol–water partition coefficient (Wildman–Crippen LogP) is 2.17. The molecule has 1 heterocycles. The molecule has 0 saturated carbocycles. The monoisotopic (exact) mass is 304 g/mol. The van der Waals surface area contributed by atoms with Crippen LogP contribution in [0.15, 0.2) is 20.2 Å². The summed E-state index contributed by atoms with van der Waals surface area (Å²) >= 11 is 5.13. The number of hydrogen-bond donors (Lipinski definition) is 2. The van der Waals surface area contributed by atoms with Crippen LogP contribution in [0, 0.1) is 0 Å². The normalized spacial score (nSPS) is 11.6. The van der Waals surface area contributed by atoms with Crippen LogP contribution in [0.25, 0.3) is 0 Å². The van der Waals surface area contributed by atoms with E-state index < -0.39 is 0 Å². The lowest BCUT2D eigenvalue weighted by Gasteiger charge is -2.19. The highest BCUT2D eigenvalue weighted by atomic mass is 79.9. The van der Waals surface area contributed by atoms with E-state index >= 15 is 0 Å². The van der Waals surface area contributed by atoms with E-state index in [0.717, 1.165) is 29.3 Å². The number of hydrogen-bond acceptors (Lipinski definition) is 3. The van der Waals surface area contributed by atoms with Gasteiger partial charge in [0.1, 0.15) is 0 Å². The third-order valence-corrected chi connectivity index (χ3v) is 3.57. The van der Waals surface area contributed by atoms with Crippen molar-refractivity contribution in [1.29, 1.82) is 0 Å². The second kappa shape index (κ2) is 6.88. The first-order valence-electron chi connectivity index (χ1n) is 5.12. The summed E-state index contributed by atoms with van der Waals surface area (Å²) < 4.78 is 1.14. The molecular weight excluding hydrogens is 288 g/mol. The maximum Gasteiger partial charge on any atom is 0.208 e. The predicted molar refractivity (Wildman–Crippen MR) is 73.4 cm³/mol. The fraction of sp³-hybridized carbons (Fsp3) is 0.500. The average molecular weight is 305 g/mol. The number of nitrogens with zero attached hydrogens (tertiary/aromatic N) is 2.